The van der Waals surface area contributed by atoms with Crippen LogP contribution >= 0.6 is 11.6 Å². The van der Waals surface area contributed by atoms with Gasteiger partial charge in [-0.15, -0.1) is 0 Å². The van der Waals surface area contributed by atoms with Crippen LogP contribution in [-0.2, 0) is 6.42 Å². The molecule has 0 saturated carbocycles. The number of ketones is 1. The zero-order valence-corrected chi connectivity index (χ0v) is 16.0. The Labute approximate surface area is 162 Å². The third kappa shape index (κ3) is 4.98. The number of hydrogen-bond donors (Lipinski definition) is 2. The average molecular weight is 392 g/mol. The van der Waals surface area contributed by atoms with Crippen molar-refractivity contribution in [2.75, 3.05) is 6.54 Å². The van der Waals surface area contributed by atoms with Crippen molar-refractivity contribution in [3.05, 3.63) is 56.4 Å². The van der Waals surface area contributed by atoms with E-state index in [0.717, 1.165) is 18.4 Å². The van der Waals surface area contributed by atoms with Gasteiger partial charge >= 0.3 is 5.63 Å². The van der Waals surface area contributed by atoms with Crippen LogP contribution in [0, 0.1) is 0 Å². The van der Waals surface area contributed by atoms with Crippen LogP contribution in [0.15, 0.2) is 38.5 Å². The van der Waals surface area contributed by atoms with Crippen LogP contribution in [0.1, 0.15) is 54.6 Å². The van der Waals surface area contributed by atoms with Crippen LogP contribution in [0.5, 0.6) is 11.7 Å². The minimum Gasteiger partial charge on any atom is -0.506 e. The summed E-state index contributed by atoms with van der Waals surface area (Å²) >= 11 is 5.86. The number of rotatable bonds is 8. The first-order valence-corrected chi connectivity index (χ1v) is 9.17. The summed E-state index contributed by atoms with van der Waals surface area (Å²) in [6, 6.07) is 7.53. The smallest absolute Gasteiger partial charge is 0.351 e. The topological polar surface area (TPSA) is 100 Å². The van der Waals surface area contributed by atoms with Crippen LogP contribution in [0.3, 0.4) is 0 Å². The van der Waals surface area contributed by atoms with Crippen molar-refractivity contribution in [3.63, 3.8) is 0 Å². The molecule has 6 nitrogen and oxygen atoms in total. The van der Waals surface area contributed by atoms with Crippen molar-refractivity contribution in [2.45, 2.75) is 39.5 Å². The number of halogens is 1. The van der Waals surface area contributed by atoms with Crippen LogP contribution in [0.4, 0.5) is 0 Å². The van der Waals surface area contributed by atoms with Gasteiger partial charge in [-0.3, -0.25) is 9.79 Å². The molecule has 1 aromatic carbocycles. The lowest BCUT2D eigenvalue weighted by atomic mass is 10.0. The van der Waals surface area contributed by atoms with E-state index in [1.165, 1.54) is 0 Å². The summed E-state index contributed by atoms with van der Waals surface area (Å²) in [5, 5.41) is 20.8. The molecule has 1 heterocycles. The Hall–Kier alpha value is -2.60. The lowest BCUT2D eigenvalue weighted by molar-refractivity contribution is 0.0976. The molecule has 0 bridgehead atoms. The molecule has 0 fully saturated rings. The van der Waals surface area contributed by atoms with Gasteiger partial charge in [0.05, 0.1) is 5.71 Å². The van der Waals surface area contributed by atoms with E-state index in [9.17, 15) is 19.8 Å². The number of aromatic hydroxyl groups is 2. The summed E-state index contributed by atoms with van der Waals surface area (Å²) in [7, 11) is 0. The average Bonchev–Trinajstić information content (AvgIpc) is 2.64. The van der Waals surface area contributed by atoms with E-state index in [4.69, 9.17) is 16.0 Å². The number of Topliss-reactive ketones (excluding diaryl/α,β-unsaturated/α-hetero) is 1. The Morgan fingerprint density at radius 1 is 1.11 bits per heavy atom. The molecular weight excluding hydrogens is 370 g/mol. The van der Waals surface area contributed by atoms with E-state index in [1.807, 2.05) is 24.3 Å². The minimum atomic E-state index is -0.920. The first-order valence-electron chi connectivity index (χ1n) is 8.79. The second-order valence-corrected chi connectivity index (χ2v) is 6.42. The number of benzene rings is 1. The van der Waals surface area contributed by atoms with Crippen LogP contribution < -0.4 is 5.63 Å². The number of hydrogen-bond acceptors (Lipinski definition) is 6. The fourth-order valence-corrected chi connectivity index (χ4v) is 2.84. The van der Waals surface area contributed by atoms with Gasteiger partial charge in [0, 0.05) is 18.0 Å². The maximum absolute atomic E-state index is 12.1. The quantitative estimate of drug-likeness (QED) is 0.400. The zero-order valence-electron chi connectivity index (χ0n) is 15.3. The highest BCUT2D eigenvalue weighted by molar-refractivity contribution is 6.30. The Kier molecular flexibility index (Phi) is 7.19. The number of carbonyl (C=O) groups excluding carboxylic acids is 1. The van der Waals surface area contributed by atoms with Gasteiger partial charge in [-0.1, -0.05) is 37.6 Å². The molecule has 0 atom stereocenters. The highest BCUT2D eigenvalue weighted by Gasteiger charge is 2.25. The maximum atomic E-state index is 12.1. The molecule has 0 unspecified atom stereocenters. The van der Waals surface area contributed by atoms with E-state index in [2.05, 4.69) is 4.99 Å². The molecule has 2 rings (SSSR count). The Morgan fingerprint density at radius 3 is 2.37 bits per heavy atom. The number of carbonyl (C=O) groups is 1. The van der Waals surface area contributed by atoms with Crippen LogP contribution in [-0.4, -0.2) is 28.3 Å². The SMILES string of the molecule is CCC(=O)c1c(O)oc(=O)c(C(CC)=NCCCc2ccc(Cl)cc2)c1O. The van der Waals surface area contributed by atoms with Crippen LogP contribution in [0.2, 0.25) is 5.02 Å². The van der Waals surface area contributed by atoms with Crippen molar-refractivity contribution in [2.24, 2.45) is 4.99 Å². The first-order chi connectivity index (χ1) is 12.9. The predicted octanol–water partition coefficient (Wildman–Crippen LogP) is 4.13. The van der Waals surface area contributed by atoms with Gasteiger partial charge in [0.1, 0.15) is 16.9 Å². The van der Waals surface area contributed by atoms with E-state index in [-0.39, 0.29) is 17.5 Å². The number of aliphatic imine (C=N–C) groups is 1. The summed E-state index contributed by atoms with van der Waals surface area (Å²) < 4.78 is 4.74. The molecule has 0 aliphatic carbocycles. The van der Waals surface area contributed by atoms with E-state index in [1.54, 1.807) is 13.8 Å². The van der Waals surface area contributed by atoms with Crippen molar-refractivity contribution in [3.8, 4) is 11.7 Å². The molecule has 1 aromatic heterocycles. The normalized spacial score (nSPS) is 11.6. The highest BCUT2D eigenvalue weighted by atomic mass is 35.5. The second kappa shape index (κ2) is 9.37. The molecule has 0 saturated heterocycles. The predicted molar refractivity (Wildman–Crippen MR) is 104 cm³/mol. The van der Waals surface area contributed by atoms with Crippen molar-refractivity contribution >= 4 is 23.1 Å². The Balaban J connectivity index is 2.23. The molecule has 2 aromatic rings. The molecule has 27 heavy (non-hydrogen) atoms. The summed E-state index contributed by atoms with van der Waals surface area (Å²) in [5.41, 5.74) is -0.0121. The third-order valence-corrected chi connectivity index (χ3v) is 4.40. The van der Waals surface area contributed by atoms with E-state index >= 15 is 0 Å². The van der Waals surface area contributed by atoms with E-state index in [0.29, 0.717) is 23.7 Å². The van der Waals surface area contributed by atoms with Gasteiger partial charge in [0.15, 0.2) is 5.78 Å². The van der Waals surface area contributed by atoms with Gasteiger partial charge < -0.3 is 14.6 Å². The molecular formula is C20H22ClNO5. The second-order valence-electron chi connectivity index (χ2n) is 5.98. The standard InChI is InChI=1S/C20H22ClNO5/c1-3-14(22-11-5-6-12-7-9-13(21)10-8-12)16-18(24)17(15(23)4-2)20(26)27-19(16)25/h7-10,24,26H,3-6,11H2,1-2H3. The Morgan fingerprint density at radius 2 is 1.78 bits per heavy atom. The number of nitrogens with zero attached hydrogens (tertiary/aromatic N) is 1. The lowest BCUT2D eigenvalue weighted by Crippen LogP contribution is -2.17. The molecule has 0 radical (unpaired) electrons. The summed E-state index contributed by atoms with van der Waals surface area (Å²) in [6.07, 6.45) is 1.93. The summed E-state index contributed by atoms with van der Waals surface area (Å²) in [4.78, 5) is 28.5. The summed E-state index contributed by atoms with van der Waals surface area (Å²) in [5.74, 6) is -1.96. The minimum absolute atomic E-state index is 0.0496. The Bertz CT molecular complexity index is 900. The first kappa shape index (κ1) is 20.7. The largest absolute Gasteiger partial charge is 0.506 e. The van der Waals surface area contributed by atoms with Gasteiger partial charge in [0.2, 0.25) is 0 Å². The van der Waals surface area contributed by atoms with Gasteiger partial charge in [-0.05, 0) is 37.0 Å². The fourth-order valence-electron chi connectivity index (χ4n) is 2.71. The molecule has 7 heteroatoms. The lowest BCUT2D eigenvalue weighted by Gasteiger charge is -2.10. The molecule has 2 N–H and O–H groups in total. The van der Waals surface area contributed by atoms with Gasteiger partial charge in [-0.25, -0.2) is 4.79 Å². The maximum Gasteiger partial charge on any atom is 0.351 e. The molecule has 0 aliphatic heterocycles. The van der Waals surface area contributed by atoms with E-state index < -0.39 is 23.1 Å². The number of aryl methyl sites for hydroxylation is 1. The van der Waals surface area contributed by atoms with Crippen molar-refractivity contribution in [1.29, 1.82) is 0 Å². The third-order valence-electron chi connectivity index (χ3n) is 4.14. The van der Waals surface area contributed by atoms with Gasteiger partial charge in [-0.2, -0.15) is 0 Å². The highest BCUT2D eigenvalue weighted by Crippen LogP contribution is 2.30. The van der Waals surface area contributed by atoms with Crippen molar-refractivity contribution in [1.82, 2.24) is 0 Å². The fraction of sp³-hybridized carbons (Fsp3) is 0.350. The summed E-state index contributed by atoms with van der Waals surface area (Å²) in [6.45, 7) is 3.80. The van der Waals surface area contributed by atoms with Crippen molar-refractivity contribution < 1.29 is 19.4 Å². The molecule has 144 valence electrons. The molecule has 0 amide bonds. The molecule has 0 aliphatic rings. The van der Waals surface area contributed by atoms with Crippen LogP contribution in [0.25, 0.3) is 0 Å². The van der Waals surface area contributed by atoms with Gasteiger partial charge in [0.25, 0.3) is 5.95 Å². The zero-order chi connectivity index (χ0) is 20.0. The monoisotopic (exact) mass is 391 g/mol. The molecule has 0 spiro atoms.